The minimum Gasteiger partial charge on any atom is -0.467 e. The van der Waals surface area contributed by atoms with Gasteiger partial charge in [0.1, 0.15) is 28.6 Å². The average Bonchev–Trinajstić information content (AvgIpc) is 3.07. The molecule has 0 saturated heterocycles. The molecule has 4 rings (SSSR count). The topological polar surface area (TPSA) is 35.5 Å². The number of thiophene rings is 1. The second-order valence-corrected chi connectivity index (χ2v) is 10.5. The minimum atomic E-state index is -0.351. The van der Waals surface area contributed by atoms with Crippen LogP contribution in [0.3, 0.4) is 0 Å². The highest BCUT2D eigenvalue weighted by molar-refractivity contribution is 14.2. The number of benzene rings is 3. The van der Waals surface area contributed by atoms with E-state index in [1.54, 1.807) is 13.8 Å². The van der Waals surface area contributed by atoms with Crippen molar-refractivity contribution < 1.29 is 18.4 Å². The van der Waals surface area contributed by atoms with E-state index in [1.165, 1.54) is 23.5 Å². The highest BCUT2D eigenvalue weighted by Crippen LogP contribution is 2.44. The number of hydrogen-bond donors (Lipinski definition) is 0. The number of rotatable bonds is 6. The Bertz CT molecular complexity index is 1270. The summed E-state index contributed by atoms with van der Waals surface area (Å²) in [6.45, 7) is 3.79. The molecule has 0 N–H and O–H groups in total. The molecule has 0 radical (unpaired) electrons. The van der Waals surface area contributed by atoms with Crippen LogP contribution in [0.4, 0.5) is 4.39 Å². The molecule has 0 saturated carbocycles. The van der Waals surface area contributed by atoms with Crippen LogP contribution in [0, 0.1) is 19.7 Å². The van der Waals surface area contributed by atoms with Crippen LogP contribution in [0.5, 0.6) is 17.2 Å². The highest BCUT2D eigenvalue weighted by atomic mass is 127. The van der Waals surface area contributed by atoms with E-state index in [0.717, 1.165) is 20.3 Å². The smallest absolute Gasteiger partial charge is 0.207 e. The molecule has 31 heavy (non-hydrogen) atoms. The van der Waals surface area contributed by atoms with Crippen LogP contribution >= 0.6 is 55.8 Å². The molecule has 0 amide bonds. The summed E-state index contributed by atoms with van der Waals surface area (Å²) >= 11 is 6.95. The third-order valence-corrected chi connectivity index (χ3v) is 7.37. The van der Waals surface area contributed by atoms with Gasteiger partial charge in [0.25, 0.3) is 0 Å². The Kier molecular flexibility index (Phi) is 6.96. The summed E-state index contributed by atoms with van der Waals surface area (Å²) in [5, 5.41) is 0.831. The van der Waals surface area contributed by atoms with E-state index in [1.807, 2.05) is 42.5 Å². The molecule has 1 aromatic heterocycles. The number of ketones is 1. The standard InChI is InChI=1S/C23H16BrFIO3PS/c1-12-9-15(25)10-13(2)20(12)21(27)23-22(28-16-5-3-14(24)4-6-16)18-8-7-17(29-30-26)11-19(18)31-23/h3-11,30H,1-2H3. The molecular formula is C23H16BrFIO3PS. The second-order valence-electron chi connectivity index (χ2n) is 6.90. The van der Waals surface area contributed by atoms with E-state index in [2.05, 4.69) is 38.0 Å². The fourth-order valence-electron chi connectivity index (χ4n) is 3.41. The largest absolute Gasteiger partial charge is 0.467 e. The van der Waals surface area contributed by atoms with Gasteiger partial charge in [0.2, 0.25) is 5.78 Å². The van der Waals surface area contributed by atoms with Gasteiger partial charge in [-0.15, -0.1) is 11.3 Å². The molecule has 8 heteroatoms. The van der Waals surface area contributed by atoms with E-state index in [9.17, 15) is 9.18 Å². The Morgan fingerprint density at radius 3 is 2.32 bits per heavy atom. The molecule has 158 valence electrons. The van der Waals surface area contributed by atoms with Gasteiger partial charge in [0.15, 0.2) is 5.75 Å². The van der Waals surface area contributed by atoms with Crippen molar-refractivity contribution in [1.82, 2.24) is 0 Å². The van der Waals surface area contributed by atoms with Gasteiger partial charge in [0, 0.05) is 20.1 Å². The zero-order valence-corrected chi connectivity index (χ0v) is 22.0. The van der Waals surface area contributed by atoms with Crippen LogP contribution in [0.25, 0.3) is 10.1 Å². The van der Waals surface area contributed by atoms with Gasteiger partial charge in [-0.3, -0.25) is 4.79 Å². The van der Waals surface area contributed by atoms with E-state index in [0.29, 0.717) is 39.5 Å². The first kappa shape index (κ1) is 22.6. The number of hydrogen-bond acceptors (Lipinski definition) is 4. The van der Waals surface area contributed by atoms with E-state index < -0.39 is 0 Å². The van der Waals surface area contributed by atoms with Crippen LogP contribution in [-0.4, -0.2) is 5.78 Å². The number of carbonyl (C=O) groups is 1. The van der Waals surface area contributed by atoms with Gasteiger partial charge in [-0.2, -0.15) is 0 Å². The van der Waals surface area contributed by atoms with Gasteiger partial charge in [-0.25, -0.2) is 4.39 Å². The molecule has 0 aliphatic rings. The third kappa shape index (κ3) is 4.80. The number of fused-ring (bicyclic) bond motifs is 1. The summed E-state index contributed by atoms with van der Waals surface area (Å²) in [5.74, 6) is 1.33. The number of ether oxygens (including phenoxy) is 1. The zero-order valence-electron chi connectivity index (χ0n) is 16.5. The lowest BCUT2D eigenvalue weighted by molar-refractivity contribution is 0.103. The first-order valence-corrected chi connectivity index (χ1v) is 14.8. The zero-order chi connectivity index (χ0) is 22.1. The van der Waals surface area contributed by atoms with Crippen LogP contribution in [0.2, 0.25) is 0 Å². The fourth-order valence-corrected chi connectivity index (χ4v) is 5.76. The van der Waals surface area contributed by atoms with Gasteiger partial charge in [0.05, 0.1) is 0 Å². The lowest BCUT2D eigenvalue weighted by Gasteiger charge is -2.11. The summed E-state index contributed by atoms with van der Waals surface area (Å²) < 4.78 is 27.5. The summed E-state index contributed by atoms with van der Waals surface area (Å²) in [6.07, 6.45) is 0. The molecule has 0 fully saturated rings. The van der Waals surface area contributed by atoms with E-state index in [-0.39, 0.29) is 11.6 Å². The Morgan fingerprint density at radius 2 is 1.68 bits per heavy atom. The Balaban J connectivity index is 1.88. The van der Waals surface area contributed by atoms with Gasteiger partial charge >= 0.3 is 0 Å². The van der Waals surface area contributed by atoms with Crippen molar-refractivity contribution >= 4 is 71.6 Å². The van der Waals surface area contributed by atoms with Gasteiger partial charge in [-0.1, -0.05) is 15.9 Å². The maximum atomic E-state index is 13.8. The summed E-state index contributed by atoms with van der Waals surface area (Å²) in [6, 6.07) is 15.9. The van der Waals surface area contributed by atoms with Crippen molar-refractivity contribution in [3.05, 3.63) is 86.5 Å². The van der Waals surface area contributed by atoms with Crippen molar-refractivity contribution in [2.75, 3.05) is 0 Å². The molecule has 1 atom stereocenters. The Labute approximate surface area is 206 Å². The summed E-state index contributed by atoms with van der Waals surface area (Å²) in [7, 11) is 0. The highest BCUT2D eigenvalue weighted by Gasteiger charge is 2.25. The molecule has 0 spiro atoms. The second kappa shape index (κ2) is 9.53. The molecule has 0 aliphatic carbocycles. The first-order valence-electron chi connectivity index (χ1n) is 9.21. The van der Waals surface area contributed by atoms with Crippen LogP contribution < -0.4 is 9.26 Å². The fraction of sp³-hybridized carbons (Fsp3) is 0.0870. The lowest BCUT2D eigenvalue weighted by Crippen LogP contribution is -2.06. The normalized spacial score (nSPS) is 11.4. The predicted molar refractivity (Wildman–Crippen MR) is 138 cm³/mol. The van der Waals surface area contributed by atoms with Crippen molar-refractivity contribution in [3.8, 4) is 17.2 Å². The van der Waals surface area contributed by atoms with Gasteiger partial charge in [-0.05, 0) is 102 Å². The molecule has 3 aromatic carbocycles. The minimum absolute atomic E-state index is 0.179. The van der Waals surface area contributed by atoms with Crippen molar-refractivity contribution in [2.24, 2.45) is 0 Å². The maximum absolute atomic E-state index is 13.8. The molecule has 3 nitrogen and oxygen atoms in total. The Hall–Kier alpha value is -1.54. The molecule has 4 aromatic rings. The van der Waals surface area contributed by atoms with Crippen molar-refractivity contribution in [1.29, 1.82) is 0 Å². The van der Waals surface area contributed by atoms with Crippen LogP contribution in [0.15, 0.2) is 59.1 Å². The average molecular weight is 629 g/mol. The first-order chi connectivity index (χ1) is 14.9. The predicted octanol–water partition coefficient (Wildman–Crippen LogP) is 8.77. The molecule has 0 bridgehead atoms. The summed E-state index contributed by atoms with van der Waals surface area (Å²) in [4.78, 5) is 14.1. The van der Waals surface area contributed by atoms with Crippen LogP contribution in [-0.2, 0) is 0 Å². The molecular weight excluding hydrogens is 613 g/mol. The van der Waals surface area contributed by atoms with Gasteiger partial charge < -0.3 is 9.26 Å². The Morgan fingerprint density at radius 1 is 1.03 bits per heavy atom. The van der Waals surface area contributed by atoms with E-state index in [4.69, 9.17) is 9.26 Å². The quantitative estimate of drug-likeness (QED) is 0.122. The van der Waals surface area contributed by atoms with Crippen molar-refractivity contribution in [3.63, 3.8) is 0 Å². The molecule has 1 heterocycles. The monoisotopic (exact) mass is 628 g/mol. The van der Waals surface area contributed by atoms with Crippen molar-refractivity contribution in [2.45, 2.75) is 13.8 Å². The number of carbonyl (C=O) groups excluding carboxylic acids is 1. The van der Waals surface area contributed by atoms with Crippen LogP contribution in [0.1, 0.15) is 26.4 Å². The number of halogens is 3. The SMILES string of the molecule is Cc1cc(F)cc(C)c1C(=O)c1sc2cc(OPI)ccc2c1Oc1ccc(Br)cc1. The number of aryl methyl sites for hydroxylation is 2. The maximum Gasteiger partial charge on any atom is 0.207 e. The lowest BCUT2D eigenvalue weighted by atomic mass is 9.97. The van der Waals surface area contributed by atoms with E-state index >= 15 is 0 Å². The summed E-state index contributed by atoms with van der Waals surface area (Å²) in [5.41, 5.74) is 1.70. The molecule has 1 unspecified atom stereocenters. The third-order valence-electron chi connectivity index (χ3n) is 4.74. The molecule has 0 aliphatic heterocycles.